The van der Waals surface area contributed by atoms with Gasteiger partial charge in [0.2, 0.25) is 0 Å². The molecule has 0 fully saturated rings. The van der Waals surface area contributed by atoms with Crippen LogP contribution in [-0.4, -0.2) is 20.2 Å². The van der Waals surface area contributed by atoms with Gasteiger partial charge < -0.3 is 5.32 Å². The van der Waals surface area contributed by atoms with E-state index in [-0.39, 0.29) is 5.82 Å². The maximum atomic E-state index is 13.5. The SMILES string of the molecule is Fc1ccccc1CNCc1nnnn1-c1ccccc1. The fourth-order valence-electron chi connectivity index (χ4n) is 2.04. The van der Waals surface area contributed by atoms with Crippen LogP contribution in [0.5, 0.6) is 0 Å². The van der Waals surface area contributed by atoms with E-state index in [4.69, 9.17) is 0 Å². The van der Waals surface area contributed by atoms with Crippen molar-refractivity contribution >= 4 is 0 Å². The predicted molar refractivity (Wildman–Crippen MR) is 76.1 cm³/mol. The molecule has 0 unspecified atom stereocenters. The van der Waals surface area contributed by atoms with Crippen LogP contribution in [0.2, 0.25) is 0 Å². The molecular weight excluding hydrogens is 269 g/mol. The fourth-order valence-corrected chi connectivity index (χ4v) is 2.04. The minimum absolute atomic E-state index is 0.215. The minimum atomic E-state index is -0.215. The fraction of sp³-hybridized carbons (Fsp3) is 0.133. The molecule has 0 spiro atoms. The van der Waals surface area contributed by atoms with Crippen LogP contribution in [0.25, 0.3) is 5.69 Å². The number of tetrazole rings is 1. The minimum Gasteiger partial charge on any atom is -0.306 e. The molecule has 0 radical (unpaired) electrons. The lowest BCUT2D eigenvalue weighted by molar-refractivity contribution is 0.579. The second-order valence-corrected chi connectivity index (χ2v) is 4.54. The van der Waals surface area contributed by atoms with E-state index in [0.717, 1.165) is 5.69 Å². The Morgan fingerprint density at radius 3 is 2.52 bits per heavy atom. The highest BCUT2D eigenvalue weighted by Crippen LogP contribution is 2.08. The first-order valence-electron chi connectivity index (χ1n) is 6.61. The Kier molecular flexibility index (Phi) is 3.97. The molecule has 0 saturated heterocycles. The van der Waals surface area contributed by atoms with E-state index in [0.29, 0.717) is 24.5 Å². The van der Waals surface area contributed by atoms with Crippen molar-refractivity contribution in [3.05, 3.63) is 71.8 Å². The number of halogens is 1. The summed E-state index contributed by atoms with van der Waals surface area (Å²) in [6.07, 6.45) is 0. The molecule has 3 aromatic rings. The van der Waals surface area contributed by atoms with Gasteiger partial charge in [0.1, 0.15) is 5.82 Å². The van der Waals surface area contributed by atoms with Gasteiger partial charge in [0.05, 0.1) is 12.2 Å². The quantitative estimate of drug-likeness (QED) is 0.779. The maximum Gasteiger partial charge on any atom is 0.170 e. The summed E-state index contributed by atoms with van der Waals surface area (Å²) in [5, 5.41) is 14.8. The highest BCUT2D eigenvalue weighted by Gasteiger charge is 2.08. The molecule has 0 bridgehead atoms. The van der Waals surface area contributed by atoms with Crippen LogP contribution in [0.15, 0.2) is 54.6 Å². The van der Waals surface area contributed by atoms with Crippen LogP contribution < -0.4 is 5.32 Å². The monoisotopic (exact) mass is 283 g/mol. The molecule has 2 aromatic carbocycles. The maximum absolute atomic E-state index is 13.5. The molecule has 0 atom stereocenters. The van der Waals surface area contributed by atoms with Crippen molar-refractivity contribution in [1.82, 2.24) is 25.5 Å². The zero-order valence-electron chi connectivity index (χ0n) is 11.3. The number of nitrogens with zero attached hydrogens (tertiary/aromatic N) is 4. The molecule has 5 nitrogen and oxygen atoms in total. The van der Waals surface area contributed by atoms with Crippen LogP contribution in [0.4, 0.5) is 4.39 Å². The number of para-hydroxylation sites is 1. The Morgan fingerprint density at radius 1 is 0.952 bits per heavy atom. The highest BCUT2D eigenvalue weighted by molar-refractivity contribution is 5.30. The lowest BCUT2D eigenvalue weighted by atomic mass is 10.2. The van der Waals surface area contributed by atoms with Gasteiger partial charge in [-0.3, -0.25) is 0 Å². The van der Waals surface area contributed by atoms with Crippen LogP contribution in [0, 0.1) is 5.82 Å². The molecule has 0 aliphatic carbocycles. The molecule has 0 aliphatic rings. The van der Waals surface area contributed by atoms with E-state index >= 15 is 0 Å². The molecular formula is C15H14FN5. The van der Waals surface area contributed by atoms with Gasteiger partial charge in [0, 0.05) is 12.1 Å². The molecule has 0 saturated carbocycles. The Morgan fingerprint density at radius 2 is 1.71 bits per heavy atom. The average molecular weight is 283 g/mol. The Bertz CT molecular complexity index is 711. The number of nitrogens with one attached hydrogen (secondary N) is 1. The van der Waals surface area contributed by atoms with Crippen molar-refractivity contribution < 1.29 is 4.39 Å². The van der Waals surface area contributed by atoms with Crippen molar-refractivity contribution in [2.45, 2.75) is 13.1 Å². The first-order valence-corrected chi connectivity index (χ1v) is 6.61. The van der Waals surface area contributed by atoms with E-state index < -0.39 is 0 Å². The van der Waals surface area contributed by atoms with E-state index in [9.17, 15) is 4.39 Å². The first-order chi connectivity index (χ1) is 10.3. The highest BCUT2D eigenvalue weighted by atomic mass is 19.1. The van der Waals surface area contributed by atoms with Gasteiger partial charge in [0.25, 0.3) is 0 Å². The normalized spacial score (nSPS) is 10.7. The number of hydrogen-bond acceptors (Lipinski definition) is 4. The summed E-state index contributed by atoms with van der Waals surface area (Å²) in [6.45, 7) is 0.880. The third-order valence-electron chi connectivity index (χ3n) is 3.09. The van der Waals surface area contributed by atoms with Gasteiger partial charge in [-0.1, -0.05) is 36.4 Å². The summed E-state index contributed by atoms with van der Waals surface area (Å²) < 4.78 is 15.2. The third-order valence-corrected chi connectivity index (χ3v) is 3.09. The molecule has 6 heteroatoms. The van der Waals surface area contributed by atoms with E-state index in [1.807, 2.05) is 36.4 Å². The molecule has 0 amide bonds. The topological polar surface area (TPSA) is 55.6 Å². The summed E-state index contributed by atoms with van der Waals surface area (Å²) in [6, 6.07) is 16.3. The molecule has 3 rings (SSSR count). The van der Waals surface area contributed by atoms with Crippen LogP contribution in [0.1, 0.15) is 11.4 Å². The molecule has 0 aliphatic heterocycles. The zero-order valence-corrected chi connectivity index (χ0v) is 11.3. The Balaban J connectivity index is 1.67. The molecule has 21 heavy (non-hydrogen) atoms. The van der Waals surface area contributed by atoms with E-state index in [1.54, 1.807) is 16.8 Å². The summed E-state index contributed by atoms with van der Waals surface area (Å²) in [5.41, 5.74) is 1.52. The zero-order chi connectivity index (χ0) is 14.5. The molecule has 1 N–H and O–H groups in total. The lowest BCUT2D eigenvalue weighted by Crippen LogP contribution is -2.17. The smallest absolute Gasteiger partial charge is 0.170 e. The van der Waals surface area contributed by atoms with Crippen LogP contribution >= 0.6 is 0 Å². The number of rotatable bonds is 5. The van der Waals surface area contributed by atoms with Gasteiger partial charge in [-0.05, 0) is 28.6 Å². The summed E-state index contributed by atoms with van der Waals surface area (Å²) in [7, 11) is 0. The van der Waals surface area contributed by atoms with Gasteiger partial charge in [-0.15, -0.1) is 5.10 Å². The van der Waals surface area contributed by atoms with Gasteiger partial charge in [-0.2, -0.15) is 4.68 Å². The van der Waals surface area contributed by atoms with Crippen molar-refractivity contribution in [2.75, 3.05) is 0 Å². The number of hydrogen-bond donors (Lipinski definition) is 1. The van der Waals surface area contributed by atoms with Crippen LogP contribution in [-0.2, 0) is 13.1 Å². The second kappa shape index (κ2) is 6.23. The summed E-state index contributed by atoms with van der Waals surface area (Å²) in [4.78, 5) is 0. The van der Waals surface area contributed by atoms with Crippen molar-refractivity contribution in [3.8, 4) is 5.69 Å². The van der Waals surface area contributed by atoms with E-state index in [1.165, 1.54) is 6.07 Å². The molecule has 1 aromatic heterocycles. The van der Waals surface area contributed by atoms with Gasteiger partial charge in [0.15, 0.2) is 5.82 Å². The third kappa shape index (κ3) is 3.11. The summed E-state index contributed by atoms with van der Waals surface area (Å²) in [5.74, 6) is 0.463. The Hall–Kier alpha value is -2.60. The number of benzene rings is 2. The predicted octanol–water partition coefficient (Wildman–Crippen LogP) is 2.09. The van der Waals surface area contributed by atoms with Crippen LogP contribution in [0.3, 0.4) is 0 Å². The Labute approximate surface area is 121 Å². The van der Waals surface area contributed by atoms with Crippen molar-refractivity contribution in [1.29, 1.82) is 0 Å². The summed E-state index contributed by atoms with van der Waals surface area (Å²) >= 11 is 0. The standard InChI is InChI=1S/C15H14FN5/c16-14-9-5-4-6-12(14)10-17-11-15-18-19-20-21(15)13-7-2-1-3-8-13/h1-9,17H,10-11H2. The van der Waals surface area contributed by atoms with Crippen molar-refractivity contribution in [2.24, 2.45) is 0 Å². The van der Waals surface area contributed by atoms with Gasteiger partial charge in [-0.25, -0.2) is 4.39 Å². The van der Waals surface area contributed by atoms with Gasteiger partial charge >= 0.3 is 0 Å². The first kappa shape index (κ1) is 13.4. The molecule has 1 heterocycles. The second-order valence-electron chi connectivity index (χ2n) is 4.54. The van der Waals surface area contributed by atoms with Crippen molar-refractivity contribution in [3.63, 3.8) is 0 Å². The van der Waals surface area contributed by atoms with E-state index in [2.05, 4.69) is 20.8 Å². The average Bonchev–Trinajstić information content (AvgIpc) is 2.99. The lowest BCUT2D eigenvalue weighted by Gasteiger charge is -2.06. The largest absolute Gasteiger partial charge is 0.306 e. The number of aromatic nitrogens is 4. The molecule has 106 valence electrons.